The maximum atomic E-state index is 12.9. The molecule has 3 heterocycles. The Morgan fingerprint density at radius 2 is 1.52 bits per heavy atom. The normalized spacial score (nSPS) is 15.8. The van der Waals surface area contributed by atoms with Gasteiger partial charge in [-0.1, -0.05) is 20.8 Å². The molecule has 0 spiro atoms. The second-order valence-electron chi connectivity index (χ2n) is 6.69. The summed E-state index contributed by atoms with van der Waals surface area (Å²) in [6, 6.07) is 2.06. The highest BCUT2D eigenvalue weighted by Crippen LogP contribution is 2.23. The molecule has 0 amide bonds. The Morgan fingerprint density at radius 1 is 0.913 bits per heavy atom. The standard InChI is InChI=1S/C16H21FN6/c1-16(2,3)13-8-14(21-11-20-13)22-4-6-23(7-5-22)15-18-9-12(17)10-19-15/h8-11H,4-7H2,1-3H3. The Labute approximate surface area is 135 Å². The summed E-state index contributed by atoms with van der Waals surface area (Å²) in [5, 5.41) is 0. The van der Waals surface area contributed by atoms with Gasteiger partial charge in [0.05, 0.1) is 18.1 Å². The van der Waals surface area contributed by atoms with E-state index in [0.29, 0.717) is 5.95 Å². The third-order valence-electron chi connectivity index (χ3n) is 3.91. The van der Waals surface area contributed by atoms with Crippen LogP contribution < -0.4 is 9.80 Å². The third-order valence-corrected chi connectivity index (χ3v) is 3.91. The zero-order valence-electron chi connectivity index (χ0n) is 13.7. The van der Waals surface area contributed by atoms with Crippen molar-refractivity contribution in [2.24, 2.45) is 0 Å². The molecule has 0 N–H and O–H groups in total. The van der Waals surface area contributed by atoms with Gasteiger partial charge in [0.1, 0.15) is 12.1 Å². The molecule has 0 aromatic carbocycles. The Morgan fingerprint density at radius 3 is 2.13 bits per heavy atom. The average Bonchev–Trinajstić information content (AvgIpc) is 2.55. The fourth-order valence-corrected chi connectivity index (χ4v) is 2.53. The predicted molar refractivity (Wildman–Crippen MR) is 87.1 cm³/mol. The molecule has 122 valence electrons. The van der Waals surface area contributed by atoms with Gasteiger partial charge in [0.25, 0.3) is 0 Å². The lowest BCUT2D eigenvalue weighted by Gasteiger charge is -2.35. The van der Waals surface area contributed by atoms with Crippen LogP contribution in [0.2, 0.25) is 0 Å². The van der Waals surface area contributed by atoms with E-state index in [1.165, 1.54) is 12.4 Å². The zero-order valence-corrected chi connectivity index (χ0v) is 13.7. The summed E-state index contributed by atoms with van der Waals surface area (Å²) in [5.74, 6) is 1.11. The smallest absolute Gasteiger partial charge is 0.225 e. The van der Waals surface area contributed by atoms with Crippen molar-refractivity contribution in [3.8, 4) is 0 Å². The van der Waals surface area contributed by atoms with E-state index in [1.54, 1.807) is 6.33 Å². The van der Waals surface area contributed by atoms with E-state index in [4.69, 9.17) is 0 Å². The van der Waals surface area contributed by atoms with E-state index >= 15 is 0 Å². The second-order valence-corrected chi connectivity index (χ2v) is 6.69. The third kappa shape index (κ3) is 3.55. The predicted octanol–water partition coefficient (Wildman–Crippen LogP) is 2.03. The van der Waals surface area contributed by atoms with Gasteiger partial charge in [-0.15, -0.1) is 0 Å². The number of rotatable bonds is 2. The molecule has 6 nitrogen and oxygen atoms in total. The SMILES string of the molecule is CC(C)(C)c1cc(N2CCN(c3ncc(F)cn3)CC2)ncn1. The summed E-state index contributed by atoms with van der Waals surface area (Å²) < 4.78 is 12.9. The number of nitrogens with zero attached hydrogens (tertiary/aromatic N) is 6. The van der Waals surface area contributed by atoms with Gasteiger partial charge in [0, 0.05) is 37.7 Å². The first-order valence-corrected chi connectivity index (χ1v) is 7.73. The van der Waals surface area contributed by atoms with E-state index in [-0.39, 0.29) is 5.41 Å². The quantitative estimate of drug-likeness (QED) is 0.845. The zero-order chi connectivity index (χ0) is 16.4. The Hall–Kier alpha value is -2.31. The van der Waals surface area contributed by atoms with Crippen LogP contribution in [0.3, 0.4) is 0 Å². The minimum absolute atomic E-state index is 0.00145. The first-order chi connectivity index (χ1) is 10.9. The molecule has 0 bridgehead atoms. The monoisotopic (exact) mass is 316 g/mol. The minimum Gasteiger partial charge on any atom is -0.353 e. The van der Waals surface area contributed by atoms with Crippen molar-refractivity contribution in [3.05, 3.63) is 36.3 Å². The van der Waals surface area contributed by atoms with Gasteiger partial charge in [-0.2, -0.15) is 0 Å². The lowest BCUT2D eigenvalue weighted by atomic mass is 9.92. The van der Waals surface area contributed by atoms with Crippen LogP contribution in [-0.4, -0.2) is 46.1 Å². The highest BCUT2D eigenvalue weighted by Gasteiger charge is 2.22. The van der Waals surface area contributed by atoms with Gasteiger partial charge in [0.2, 0.25) is 5.95 Å². The molecule has 2 aromatic heterocycles. The van der Waals surface area contributed by atoms with Crippen LogP contribution in [0.15, 0.2) is 24.8 Å². The molecule has 0 unspecified atom stereocenters. The van der Waals surface area contributed by atoms with Crippen molar-refractivity contribution >= 4 is 11.8 Å². The number of hydrogen-bond acceptors (Lipinski definition) is 6. The van der Waals surface area contributed by atoms with E-state index in [2.05, 4.69) is 56.6 Å². The summed E-state index contributed by atoms with van der Waals surface area (Å²) in [6.07, 6.45) is 4.04. The topological polar surface area (TPSA) is 58.0 Å². The Balaban J connectivity index is 1.68. The molecule has 2 aromatic rings. The van der Waals surface area contributed by atoms with E-state index in [0.717, 1.165) is 37.7 Å². The first-order valence-electron chi connectivity index (χ1n) is 7.73. The highest BCUT2D eigenvalue weighted by atomic mass is 19.1. The Bertz CT molecular complexity index is 659. The fraction of sp³-hybridized carbons (Fsp3) is 0.500. The molecule has 3 rings (SSSR count). The van der Waals surface area contributed by atoms with Gasteiger partial charge in [-0.25, -0.2) is 24.3 Å². The molecule has 1 aliphatic rings. The lowest BCUT2D eigenvalue weighted by Crippen LogP contribution is -2.47. The molecule has 0 radical (unpaired) electrons. The molecule has 23 heavy (non-hydrogen) atoms. The molecule has 1 aliphatic heterocycles. The maximum absolute atomic E-state index is 12.9. The van der Waals surface area contributed by atoms with Gasteiger partial charge in [-0.05, 0) is 0 Å². The lowest BCUT2D eigenvalue weighted by molar-refractivity contribution is 0.564. The number of aromatic nitrogens is 4. The largest absolute Gasteiger partial charge is 0.353 e. The summed E-state index contributed by atoms with van der Waals surface area (Å²) in [6.45, 7) is 9.62. The minimum atomic E-state index is -0.414. The van der Waals surface area contributed by atoms with Crippen molar-refractivity contribution in [1.29, 1.82) is 0 Å². The first kappa shape index (κ1) is 15.6. The van der Waals surface area contributed by atoms with E-state index in [9.17, 15) is 4.39 Å². The van der Waals surface area contributed by atoms with Crippen molar-refractivity contribution in [1.82, 2.24) is 19.9 Å². The number of piperazine rings is 1. The van der Waals surface area contributed by atoms with E-state index < -0.39 is 5.82 Å². The molecular formula is C16H21FN6. The maximum Gasteiger partial charge on any atom is 0.225 e. The molecule has 1 fully saturated rings. The summed E-state index contributed by atoms with van der Waals surface area (Å²) in [5.41, 5.74) is 1.04. The van der Waals surface area contributed by atoms with Gasteiger partial charge >= 0.3 is 0 Å². The number of halogens is 1. The van der Waals surface area contributed by atoms with Crippen LogP contribution in [0.4, 0.5) is 16.2 Å². The molecule has 1 saturated heterocycles. The molecular weight excluding hydrogens is 295 g/mol. The second kappa shape index (κ2) is 6.06. The van der Waals surface area contributed by atoms with Gasteiger partial charge < -0.3 is 9.80 Å². The van der Waals surface area contributed by atoms with Crippen molar-refractivity contribution in [2.45, 2.75) is 26.2 Å². The summed E-state index contributed by atoms with van der Waals surface area (Å²) >= 11 is 0. The van der Waals surface area contributed by atoms with Crippen molar-refractivity contribution < 1.29 is 4.39 Å². The van der Waals surface area contributed by atoms with Gasteiger partial charge in [0.15, 0.2) is 5.82 Å². The molecule has 0 atom stereocenters. The van der Waals surface area contributed by atoms with Crippen LogP contribution in [0.25, 0.3) is 0 Å². The van der Waals surface area contributed by atoms with Gasteiger partial charge in [-0.3, -0.25) is 0 Å². The molecule has 0 saturated carbocycles. The fourth-order valence-electron chi connectivity index (χ4n) is 2.53. The Kier molecular flexibility index (Phi) is 4.11. The van der Waals surface area contributed by atoms with Crippen LogP contribution in [0.1, 0.15) is 26.5 Å². The average molecular weight is 316 g/mol. The van der Waals surface area contributed by atoms with Crippen LogP contribution in [-0.2, 0) is 5.41 Å². The van der Waals surface area contributed by atoms with Crippen LogP contribution in [0.5, 0.6) is 0 Å². The van der Waals surface area contributed by atoms with Crippen LogP contribution in [0, 0.1) is 5.82 Å². The number of hydrogen-bond donors (Lipinski definition) is 0. The van der Waals surface area contributed by atoms with Crippen molar-refractivity contribution in [3.63, 3.8) is 0 Å². The summed E-state index contributed by atoms with van der Waals surface area (Å²) in [4.78, 5) is 21.1. The van der Waals surface area contributed by atoms with Crippen LogP contribution >= 0.6 is 0 Å². The van der Waals surface area contributed by atoms with E-state index in [1.807, 2.05) is 0 Å². The molecule has 0 aliphatic carbocycles. The summed E-state index contributed by atoms with van der Waals surface area (Å²) in [7, 11) is 0. The number of anilines is 2. The van der Waals surface area contributed by atoms with Crippen molar-refractivity contribution in [2.75, 3.05) is 36.0 Å². The molecule has 7 heteroatoms. The highest BCUT2D eigenvalue weighted by molar-refractivity contribution is 5.43.